The average Bonchev–Trinajstić information content (AvgIpc) is 2.54. The molecule has 0 unspecified atom stereocenters. The SMILES string of the molecule is CCCCCCCCCCCCCCCCCCOCOC. The van der Waals surface area contributed by atoms with Gasteiger partial charge in [0, 0.05) is 13.7 Å². The summed E-state index contributed by atoms with van der Waals surface area (Å²) in [6.07, 6.45) is 22.6. The molecule has 0 spiro atoms. The fraction of sp³-hybridized carbons (Fsp3) is 1.00. The number of hydrogen-bond donors (Lipinski definition) is 0. The lowest BCUT2D eigenvalue weighted by molar-refractivity contribution is -0.0315. The minimum atomic E-state index is 0.443. The van der Waals surface area contributed by atoms with Crippen LogP contribution in [0, 0.1) is 0 Å². The van der Waals surface area contributed by atoms with Crippen molar-refractivity contribution < 1.29 is 9.47 Å². The van der Waals surface area contributed by atoms with Gasteiger partial charge in [0.2, 0.25) is 0 Å². The quantitative estimate of drug-likeness (QED) is 0.191. The van der Waals surface area contributed by atoms with Crippen molar-refractivity contribution in [3.8, 4) is 0 Å². The fourth-order valence-electron chi connectivity index (χ4n) is 2.89. The largest absolute Gasteiger partial charge is 0.359 e. The van der Waals surface area contributed by atoms with E-state index in [1.165, 1.54) is 103 Å². The first-order chi connectivity index (χ1) is 10.9. The first kappa shape index (κ1) is 21.9. The van der Waals surface area contributed by atoms with Crippen LogP contribution in [-0.2, 0) is 9.47 Å². The zero-order chi connectivity index (χ0) is 16.1. The highest BCUT2D eigenvalue weighted by atomic mass is 16.7. The van der Waals surface area contributed by atoms with Gasteiger partial charge in [-0.25, -0.2) is 0 Å². The summed E-state index contributed by atoms with van der Waals surface area (Å²) < 4.78 is 10.1. The molecule has 0 fully saturated rings. The van der Waals surface area contributed by atoms with Crippen LogP contribution < -0.4 is 0 Å². The highest BCUT2D eigenvalue weighted by Crippen LogP contribution is 2.13. The molecule has 0 rings (SSSR count). The van der Waals surface area contributed by atoms with Crippen molar-refractivity contribution in [3.63, 3.8) is 0 Å². The van der Waals surface area contributed by atoms with Gasteiger partial charge in [0.25, 0.3) is 0 Å². The Kier molecular flexibility index (Phi) is 20.8. The lowest BCUT2D eigenvalue weighted by atomic mass is 10.0. The minimum Gasteiger partial charge on any atom is -0.359 e. The number of rotatable bonds is 19. The molecular formula is C20H42O2. The van der Waals surface area contributed by atoms with Crippen molar-refractivity contribution in [2.24, 2.45) is 0 Å². The summed E-state index contributed by atoms with van der Waals surface area (Å²) in [7, 11) is 1.67. The predicted molar refractivity (Wildman–Crippen MR) is 97.4 cm³/mol. The maximum atomic E-state index is 5.28. The Bertz CT molecular complexity index is 163. The highest BCUT2D eigenvalue weighted by Gasteiger charge is 1.94. The van der Waals surface area contributed by atoms with Gasteiger partial charge in [0.05, 0.1) is 0 Å². The summed E-state index contributed by atoms with van der Waals surface area (Å²) in [6.45, 7) is 3.59. The molecule has 2 heteroatoms. The molecule has 0 saturated carbocycles. The van der Waals surface area contributed by atoms with Gasteiger partial charge in [-0.05, 0) is 6.42 Å². The Balaban J connectivity index is 2.91. The fourth-order valence-corrected chi connectivity index (χ4v) is 2.89. The standard InChI is InChI=1S/C20H42O2/c1-3-4-5-6-7-8-9-10-11-12-13-14-15-16-17-18-19-22-20-21-2/h3-20H2,1-2H3. The number of unbranched alkanes of at least 4 members (excludes halogenated alkanes) is 15. The van der Waals surface area contributed by atoms with Crippen LogP contribution in [0.15, 0.2) is 0 Å². The highest BCUT2D eigenvalue weighted by molar-refractivity contribution is 4.49. The van der Waals surface area contributed by atoms with Crippen molar-refractivity contribution in [3.05, 3.63) is 0 Å². The van der Waals surface area contributed by atoms with Crippen LogP contribution in [0.2, 0.25) is 0 Å². The molecule has 2 nitrogen and oxygen atoms in total. The molecule has 0 aromatic heterocycles. The Hall–Kier alpha value is -0.0800. The van der Waals surface area contributed by atoms with E-state index in [9.17, 15) is 0 Å². The van der Waals surface area contributed by atoms with Crippen molar-refractivity contribution in [1.82, 2.24) is 0 Å². The minimum absolute atomic E-state index is 0.443. The van der Waals surface area contributed by atoms with E-state index in [1.54, 1.807) is 7.11 Å². The second-order valence-electron chi connectivity index (χ2n) is 6.62. The van der Waals surface area contributed by atoms with E-state index in [2.05, 4.69) is 6.92 Å². The monoisotopic (exact) mass is 314 g/mol. The Labute approximate surface area is 140 Å². The summed E-state index contributed by atoms with van der Waals surface area (Å²) in [5.74, 6) is 0. The van der Waals surface area contributed by atoms with Gasteiger partial charge in [-0.3, -0.25) is 0 Å². The Morgan fingerprint density at radius 2 is 0.864 bits per heavy atom. The number of ether oxygens (including phenoxy) is 2. The summed E-state index contributed by atoms with van der Waals surface area (Å²) in [4.78, 5) is 0. The van der Waals surface area contributed by atoms with E-state index >= 15 is 0 Å². The third-order valence-corrected chi connectivity index (χ3v) is 4.34. The summed E-state index contributed by atoms with van der Waals surface area (Å²) in [6, 6.07) is 0. The van der Waals surface area contributed by atoms with Crippen LogP contribution in [-0.4, -0.2) is 20.5 Å². The smallest absolute Gasteiger partial charge is 0.146 e. The summed E-state index contributed by atoms with van der Waals surface area (Å²) >= 11 is 0. The van der Waals surface area contributed by atoms with E-state index in [0.717, 1.165) is 6.61 Å². The van der Waals surface area contributed by atoms with E-state index in [1.807, 2.05) is 0 Å². The van der Waals surface area contributed by atoms with Gasteiger partial charge in [0.15, 0.2) is 0 Å². The van der Waals surface area contributed by atoms with Crippen LogP contribution in [0.3, 0.4) is 0 Å². The number of methoxy groups -OCH3 is 1. The molecule has 0 bridgehead atoms. The van der Waals surface area contributed by atoms with Crippen LogP contribution in [0.25, 0.3) is 0 Å². The molecule has 0 aromatic carbocycles. The molecule has 134 valence electrons. The molecule has 0 aromatic rings. The molecule has 0 aliphatic rings. The normalized spacial score (nSPS) is 11.2. The average molecular weight is 315 g/mol. The van der Waals surface area contributed by atoms with Gasteiger partial charge < -0.3 is 9.47 Å². The molecule has 0 amide bonds. The van der Waals surface area contributed by atoms with Crippen LogP contribution in [0.5, 0.6) is 0 Å². The zero-order valence-corrected chi connectivity index (χ0v) is 15.5. The van der Waals surface area contributed by atoms with E-state index in [0.29, 0.717) is 6.79 Å². The molecule has 0 aliphatic heterocycles. The second kappa shape index (κ2) is 20.9. The second-order valence-corrected chi connectivity index (χ2v) is 6.62. The van der Waals surface area contributed by atoms with E-state index < -0.39 is 0 Å². The molecule has 0 N–H and O–H groups in total. The summed E-state index contributed by atoms with van der Waals surface area (Å²) in [5, 5.41) is 0. The van der Waals surface area contributed by atoms with Gasteiger partial charge in [-0.15, -0.1) is 0 Å². The Morgan fingerprint density at radius 3 is 1.23 bits per heavy atom. The molecule has 0 radical (unpaired) electrons. The van der Waals surface area contributed by atoms with E-state index in [-0.39, 0.29) is 0 Å². The number of hydrogen-bond acceptors (Lipinski definition) is 2. The van der Waals surface area contributed by atoms with Crippen molar-refractivity contribution in [1.29, 1.82) is 0 Å². The van der Waals surface area contributed by atoms with Crippen LogP contribution >= 0.6 is 0 Å². The topological polar surface area (TPSA) is 18.5 Å². The molecule has 0 saturated heterocycles. The maximum Gasteiger partial charge on any atom is 0.146 e. The van der Waals surface area contributed by atoms with Crippen molar-refractivity contribution in [2.45, 2.75) is 110 Å². The third-order valence-electron chi connectivity index (χ3n) is 4.34. The molecule has 0 aliphatic carbocycles. The molecular weight excluding hydrogens is 272 g/mol. The van der Waals surface area contributed by atoms with Crippen LogP contribution in [0.4, 0.5) is 0 Å². The van der Waals surface area contributed by atoms with Crippen LogP contribution in [0.1, 0.15) is 110 Å². The lowest BCUT2D eigenvalue weighted by Gasteiger charge is -2.04. The van der Waals surface area contributed by atoms with Crippen molar-refractivity contribution in [2.75, 3.05) is 20.5 Å². The molecule has 22 heavy (non-hydrogen) atoms. The maximum absolute atomic E-state index is 5.28. The predicted octanol–water partition coefficient (Wildman–Crippen LogP) is 6.87. The van der Waals surface area contributed by atoms with E-state index in [4.69, 9.17) is 9.47 Å². The van der Waals surface area contributed by atoms with Crippen molar-refractivity contribution >= 4 is 0 Å². The summed E-state index contributed by atoms with van der Waals surface area (Å²) in [5.41, 5.74) is 0. The van der Waals surface area contributed by atoms with Gasteiger partial charge in [-0.1, -0.05) is 103 Å². The first-order valence-electron chi connectivity index (χ1n) is 9.98. The lowest BCUT2D eigenvalue weighted by Crippen LogP contribution is -1.98. The first-order valence-corrected chi connectivity index (χ1v) is 9.98. The Morgan fingerprint density at radius 1 is 0.500 bits per heavy atom. The third kappa shape index (κ3) is 19.9. The molecule has 0 atom stereocenters. The van der Waals surface area contributed by atoms with Gasteiger partial charge in [-0.2, -0.15) is 0 Å². The van der Waals surface area contributed by atoms with Gasteiger partial charge >= 0.3 is 0 Å². The molecule has 0 heterocycles. The van der Waals surface area contributed by atoms with Gasteiger partial charge in [0.1, 0.15) is 6.79 Å². The zero-order valence-electron chi connectivity index (χ0n) is 15.5.